The molecule has 6 heteroatoms. The molecular weight excluding hydrogens is 394 g/mol. The lowest BCUT2D eigenvalue weighted by atomic mass is 9.79. The number of rotatable bonds is 6. The van der Waals surface area contributed by atoms with Crippen molar-refractivity contribution >= 4 is 27.5 Å². The number of para-hydroxylation sites is 1. The first-order valence-corrected chi connectivity index (χ1v) is 9.62. The summed E-state index contributed by atoms with van der Waals surface area (Å²) in [5.41, 5.74) is -0.0572. The van der Waals surface area contributed by atoms with Gasteiger partial charge in [-0.2, -0.15) is 0 Å². The fourth-order valence-corrected chi connectivity index (χ4v) is 3.52. The molecule has 0 amide bonds. The molecule has 26 heavy (non-hydrogen) atoms. The third kappa shape index (κ3) is 4.07. The van der Waals surface area contributed by atoms with Gasteiger partial charge >= 0.3 is 0 Å². The molecule has 1 aromatic heterocycles. The number of aromatic nitrogens is 1. The van der Waals surface area contributed by atoms with Crippen LogP contribution in [0.2, 0.25) is 0 Å². The SMILES string of the molecule is COc1ccccc1C(=O)[C@@]1(CNc2ccc(Br)cn2)CC[C@H](C)CN1. The van der Waals surface area contributed by atoms with Gasteiger partial charge in [-0.05, 0) is 65.5 Å². The Bertz CT molecular complexity index is 756. The molecule has 0 saturated carbocycles. The van der Waals surface area contributed by atoms with Crippen molar-refractivity contribution in [3.8, 4) is 5.75 Å². The summed E-state index contributed by atoms with van der Waals surface area (Å²) in [5.74, 6) is 1.98. The van der Waals surface area contributed by atoms with Crippen LogP contribution in [-0.2, 0) is 0 Å². The Labute approximate surface area is 162 Å². The second-order valence-corrected chi connectivity index (χ2v) is 7.77. The molecule has 5 nitrogen and oxygen atoms in total. The Kier molecular flexibility index (Phi) is 5.94. The second kappa shape index (κ2) is 8.18. The number of benzene rings is 1. The van der Waals surface area contributed by atoms with Gasteiger partial charge in [-0.25, -0.2) is 4.98 Å². The average molecular weight is 418 g/mol. The molecule has 0 aliphatic carbocycles. The van der Waals surface area contributed by atoms with Gasteiger partial charge in [0.2, 0.25) is 0 Å². The standard InChI is InChI=1S/C20H24BrN3O2/c1-14-9-10-20(24-11-14,13-23-18-8-7-15(21)12-22-18)19(25)16-5-3-4-6-17(16)26-2/h3-8,12,14,24H,9-11,13H2,1-2H3,(H,22,23)/t14-,20-/m0/s1. The molecule has 0 spiro atoms. The molecular formula is C20H24BrN3O2. The van der Waals surface area contributed by atoms with Crippen molar-refractivity contribution in [2.75, 3.05) is 25.5 Å². The van der Waals surface area contributed by atoms with Crippen molar-refractivity contribution in [1.82, 2.24) is 10.3 Å². The van der Waals surface area contributed by atoms with Gasteiger partial charge in [0.05, 0.1) is 18.2 Å². The highest BCUT2D eigenvalue weighted by atomic mass is 79.9. The van der Waals surface area contributed by atoms with Crippen LogP contribution in [0, 0.1) is 5.92 Å². The van der Waals surface area contributed by atoms with E-state index in [0.717, 1.165) is 29.7 Å². The molecule has 1 aliphatic rings. The molecule has 2 heterocycles. The van der Waals surface area contributed by atoms with Gasteiger partial charge in [0.1, 0.15) is 11.6 Å². The van der Waals surface area contributed by atoms with Crippen molar-refractivity contribution in [2.45, 2.75) is 25.3 Å². The van der Waals surface area contributed by atoms with Crippen molar-refractivity contribution in [2.24, 2.45) is 5.92 Å². The molecule has 2 N–H and O–H groups in total. The monoisotopic (exact) mass is 417 g/mol. The lowest BCUT2D eigenvalue weighted by Gasteiger charge is -2.39. The topological polar surface area (TPSA) is 63.2 Å². The van der Waals surface area contributed by atoms with Gasteiger partial charge in [-0.1, -0.05) is 19.1 Å². The molecule has 0 radical (unpaired) electrons. The van der Waals surface area contributed by atoms with Gasteiger partial charge < -0.3 is 15.4 Å². The van der Waals surface area contributed by atoms with Crippen LogP contribution in [0.4, 0.5) is 5.82 Å². The number of hydrogen-bond donors (Lipinski definition) is 2. The zero-order valence-corrected chi connectivity index (χ0v) is 16.7. The van der Waals surface area contributed by atoms with Crippen molar-refractivity contribution in [3.05, 3.63) is 52.6 Å². The molecule has 1 saturated heterocycles. The van der Waals surface area contributed by atoms with Crippen LogP contribution < -0.4 is 15.4 Å². The summed E-state index contributed by atoms with van der Waals surface area (Å²) in [6.07, 6.45) is 3.52. The Morgan fingerprint density at radius 1 is 1.38 bits per heavy atom. The number of carbonyl (C=O) groups excluding carboxylic acids is 1. The Balaban J connectivity index is 1.86. The minimum absolute atomic E-state index is 0.0615. The summed E-state index contributed by atoms with van der Waals surface area (Å²) in [6.45, 7) is 3.50. The first-order valence-electron chi connectivity index (χ1n) is 8.82. The fourth-order valence-electron chi connectivity index (χ4n) is 3.29. The van der Waals surface area contributed by atoms with Crippen LogP contribution in [0.5, 0.6) is 5.75 Å². The minimum Gasteiger partial charge on any atom is -0.496 e. The maximum absolute atomic E-state index is 13.5. The number of pyridine rings is 1. The largest absolute Gasteiger partial charge is 0.496 e. The van der Waals surface area contributed by atoms with Crippen LogP contribution >= 0.6 is 15.9 Å². The number of piperidine rings is 1. The van der Waals surface area contributed by atoms with E-state index in [2.05, 4.69) is 38.5 Å². The van der Waals surface area contributed by atoms with E-state index < -0.39 is 5.54 Å². The van der Waals surface area contributed by atoms with E-state index in [1.165, 1.54) is 0 Å². The highest BCUT2D eigenvalue weighted by Crippen LogP contribution is 2.30. The third-order valence-corrected chi connectivity index (χ3v) is 5.41. The molecule has 2 atom stereocenters. The number of anilines is 1. The summed E-state index contributed by atoms with van der Waals surface area (Å²) >= 11 is 3.39. The lowest BCUT2D eigenvalue weighted by Crippen LogP contribution is -2.60. The smallest absolute Gasteiger partial charge is 0.188 e. The van der Waals surface area contributed by atoms with E-state index in [-0.39, 0.29) is 5.78 Å². The van der Waals surface area contributed by atoms with Crippen LogP contribution in [0.15, 0.2) is 47.1 Å². The fraction of sp³-hybridized carbons (Fsp3) is 0.400. The summed E-state index contributed by atoms with van der Waals surface area (Å²) in [4.78, 5) is 17.8. The van der Waals surface area contributed by atoms with E-state index >= 15 is 0 Å². The van der Waals surface area contributed by atoms with Crippen LogP contribution in [-0.4, -0.2) is 36.5 Å². The molecule has 138 valence electrons. The van der Waals surface area contributed by atoms with Crippen LogP contribution in [0.1, 0.15) is 30.1 Å². The van der Waals surface area contributed by atoms with E-state index in [9.17, 15) is 4.79 Å². The number of hydrogen-bond acceptors (Lipinski definition) is 5. The van der Waals surface area contributed by atoms with Gasteiger partial charge in [-0.15, -0.1) is 0 Å². The van der Waals surface area contributed by atoms with E-state index in [0.29, 0.717) is 23.8 Å². The molecule has 0 unspecified atom stereocenters. The zero-order chi connectivity index (χ0) is 18.6. The van der Waals surface area contributed by atoms with Crippen molar-refractivity contribution in [3.63, 3.8) is 0 Å². The van der Waals surface area contributed by atoms with Crippen LogP contribution in [0.3, 0.4) is 0 Å². The van der Waals surface area contributed by atoms with Gasteiger partial charge in [-0.3, -0.25) is 4.79 Å². The van der Waals surface area contributed by atoms with E-state index in [1.807, 2.05) is 36.4 Å². The highest BCUT2D eigenvalue weighted by Gasteiger charge is 2.42. The molecule has 1 aliphatic heterocycles. The van der Waals surface area contributed by atoms with Crippen molar-refractivity contribution in [1.29, 1.82) is 0 Å². The first kappa shape index (κ1) is 18.9. The van der Waals surface area contributed by atoms with Gasteiger partial charge in [0.25, 0.3) is 0 Å². The molecule has 0 bridgehead atoms. The number of Topliss-reactive ketones (excluding diaryl/α,β-unsaturated/α-hetero) is 1. The lowest BCUT2D eigenvalue weighted by molar-refractivity contribution is 0.0803. The quantitative estimate of drug-likeness (QED) is 0.697. The Hall–Kier alpha value is -1.92. The molecule has 1 fully saturated rings. The molecule has 1 aromatic carbocycles. The summed E-state index contributed by atoms with van der Waals surface area (Å²) in [7, 11) is 1.60. The van der Waals surface area contributed by atoms with E-state index in [1.54, 1.807) is 13.3 Å². The van der Waals surface area contributed by atoms with Crippen LogP contribution in [0.25, 0.3) is 0 Å². The van der Waals surface area contributed by atoms with Gasteiger partial charge in [0.15, 0.2) is 5.78 Å². The highest BCUT2D eigenvalue weighted by molar-refractivity contribution is 9.10. The summed E-state index contributed by atoms with van der Waals surface area (Å²) in [6, 6.07) is 11.2. The number of ketones is 1. The number of carbonyl (C=O) groups is 1. The first-order chi connectivity index (χ1) is 12.5. The number of nitrogens with zero attached hydrogens (tertiary/aromatic N) is 1. The predicted molar refractivity (Wildman–Crippen MR) is 107 cm³/mol. The average Bonchev–Trinajstić information content (AvgIpc) is 2.68. The number of halogens is 1. The maximum Gasteiger partial charge on any atom is 0.188 e. The number of methoxy groups -OCH3 is 1. The van der Waals surface area contributed by atoms with Gasteiger partial charge in [0, 0.05) is 17.2 Å². The summed E-state index contributed by atoms with van der Waals surface area (Å²) < 4.78 is 6.34. The Morgan fingerprint density at radius 2 is 2.19 bits per heavy atom. The van der Waals surface area contributed by atoms with E-state index in [4.69, 9.17) is 4.74 Å². The second-order valence-electron chi connectivity index (χ2n) is 6.85. The minimum atomic E-state index is -0.671. The molecule has 3 rings (SSSR count). The maximum atomic E-state index is 13.5. The number of ether oxygens (including phenoxy) is 1. The normalized spacial score (nSPS) is 22.7. The molecule has 2 aromatic rings. The predicted octanol–water partition coefficient (Wildman–Crippen LogP) is 3.91. The Morgan fingerprint density at radius 3 is 2.85 bits per heavy atom. The van der Waals surface area contributed by atoms with Crippen molar-refractivity contribution < 1.29 is 9.53 Å². The third-order valence-electron chi connectivity index (χ3n) is 4.94. The summed E-state index contributed by atoms with van der Waals surface area (Å²) in [5, 5.41) is 6.84. The zero-order valence-electron chi connectivity index (χ0n) is 15.1. The number of nitrogens with one attached hydrogen (secondary N) is 2.